The van der Waals surface area contributed by atoms with Gasteiger partial charge in [0.2, 0.25) is 0 Å². The van der Waals surface area contributed by atoms with Crippen LogP contribution in [0.1, 0.15) is 0 Å². The zero-order chi connectivity index (χ0) is 9.14. The van der Waals surface area contributed by atoms with Crippen molar-refractivity contribution in [3.63, 3.8) is 0 Å². The largest absolute Gasteiger partial charge is 0.376 e. The van der Waals surface area contributed by atoms with Gasteiger partial charge in [0, 0.05) is 0 Å². The summed E-state index contributed by atoms with van der Waals surface area (Å²) in [5.41, 5.74) is 5.27. The molecule has 2 nitrogen and oxygen atoms in total. The van der Waals surface area contributed by atoms with E-state index in [-0.39, 0.29) is 15.8 Å². The van der Waals surface area contributed by atoms with Crippen molar-refractivity contribution in [1.29, 1.82) is 0 Å². The summed E-state index contributed by atoms with van der Waals surface area (Å²) in [6, 6.07) is 4.32. The third kappa shape index (κ3) is 2.06. The minimum absolute atomic E-state index is 0.0120. The lowest BCUT2D eigenvalue weighted by atomic mass is 10.3. The van der Waals surface area contributed by atoms with Gasteiger partial charge in [-0.05, 0) is 24.4 Å². The van der Waals surface area contributed by atoms with Gasteiger partial charge in [0.05, 0.1) is 10.7 Å². The van der Waals surface area contributed by atoms with Gasteiger partial charge in [-0.1, -0.05) is 17.7 Å². The maximum atomic E-state index is 12.9. The number of rotatable bonds is 1. The van der Waals surface area contributed by atoms with Crippen molar-refractivity contribution < 1.29 is 4.39 Å². The molecule has 0 bridgehead atoms. The predicted molar refractivity (Wildman–Crippen MR) is 51.8 cm³/mol. The molecule has 0 amide bonds. The van der Waals surface area contributed by atoms with E-state index in [1.807, 2.05) is 0 Å². The normalized spacial score (nSPS) is 9.50. The number of anilines is 1. The Morgan fingerprint density at radius 3 is 2.75 bits per heavy atom. The molecule has 3 N–H and O–H groups in total. The number of halogens is 2. The zero-order valence-corrected chi connectivity index (χ0v) is 7.55. The first-order chi connectivity index (χ1) is 5.61. The van der Waals surface area contributed by atoms with E-state index in [1.165, 1.54) is 12.1 Å². The van der Waals surface area contributed by atoms with Gasteiger partial charge >= 0.3 is 0 Å². The Morgan fingerprint density at radius 2 is 2.25 bits per heavy atom. The van der Waals surface area contributed by atoms with Crippen LogP contribution in [-0.4, -0.2) is 5.11 Å². The van der Waals surface area contributed by atoms with Gasteiger partial charge < -0.3 is 11.1 Å². The van der Waals surface area contributed by atoms with Crippen LogP contribution in [0.15, 0.2) is 18.2 Å². The summed E-state index contributed by atoms with van der Waals surface area (Å²) >= 11 is 10.2. The molecule has 12 heavy (non-hydrogen) atoms. The van der Waals surface area contributed by atoms with E-state index < -0.39 is 5.82 Å². The molecule has 5 heteroatoms. The molecule has 1 aromatic carbocycles. The fraction of sp³-hybridized carbons (Fsp3) is 0. The second-order valence-electron chi connectivity index (χ2n) is 2.09. The average Bonchev–Trinajstić information content (AvgIpc) is 1.97. The van der Waals surface area contributed by atoms with E-state index in [4.69, 9.17) is 17.3 Å². The minimum Gasteiger partial charge on any atom is -0.376 e. The van der Waals surface area contributed by atoms with Crippen molar-refractivity contribution in [3.05, 3.63) is 29.0 Å². The minimum atomic E-state index is -0.477. The number of thiocarbonyl (C=S) groups is 1. The summed E-state index contributed by atoms with van der Waals surface area (Å²) < 4.78 is 12.9. The second-order valence-corrected chi connectivity index (χ2v) is 2.93. The Morgan fingerprint density at radius 1 is 1.58 bits per heavy atom. The van der Waals surface area contributed by atoms with E-state index >= 15 is 0 Å². The van der Waals surface area contributed by atoms with Crippen molar-refractivity contribution in [1.82, 2.24) is 0 Å². The topological polar surface area (TPSA) is 38.0 Å². The van der Waals surface area contributed by atoms with E-state index in [0.29, 0.717) is 0 Å². The average molecular weight is 205 g/mol. The van der Waals surface area contributed by atoms with E-state index in [9.17, 15) is 4.39 Å². The molecule has 0 spiro atoms. The standard InChI is InChI=1S/C7H6ClFN2S/c8-4-2-1-3-5(9)6(4)11-7(10)12/h1-3H,(H3,10,11,12). The van der Waals surface area contributed by atoms with E-state index in [2.05, 4.69) is 17.5 Å². The zero-order valence-electron chi connectivity index (χ0n) is 5.97. The molecule has 0 heterocycles. The smallest absolute Gasteiger partial charge is 0.168 e. The van der Waals surface area contributed by atoms with Crippen molar-refractivity contribution in [3.8, 4) is 0 Å². The fourth-order valence-corrected chi connectivity index (χ4v) is 1.05. The van der Waals surface area contributed by atoms with Crippen molar-refractivity contribution in [2.75, 3.05) is 5.32 Å². The van der Waals surface area contributed by atoms with Crippen LogP contribution >= 0.6 is 23.8 Å². The highest BCUT2D eigenvalue weighted by Crippen LogP contribution is 2.23. The Balaban J connectivity index is 3.04. The molecule has 0 aromatic heterocycles. The summed E-state index contributed by atoms with van der Waals surface area (Å²) in [5.74, 6) is -0.477. The molecule has 0 aliphatic carbocycles. The van der Waals surface area contributed by atoms with E-state index in [0.717, 1.165) is 0 Å². The first-order valence-electron chi connectivity index (χ1n) is 3.11. The summed E-state index contributed by atoms with van der Waals surface area (Å²) in [6.45, 7) is 0. The van der Waals surface area contributed by atoms with Gasteiger partial charge in [-0.15, -0.1) is 0 Å². The highest BCUT2D eigenvalue weighted by Gasteiger charge is 2.05. The van der Waals surface area contributed by atoms with Crippen LogP contribution in [0.25, 0.3) is 0 Å². The summed E-state index contributed by atoms with van der Waals surface area (Å²) in [7, 11) is 0. The molecular weight excluding hydrogens is 199 g/mol. The summed E-state index contributed by atoms with van der Waals surface area (Å²) in [6.07, 6.45) is 0. The summed E-state index contributed by atoms with van der Waals surface area (Å²) in [4.78, 5) is 0. The van der Waals surface area contributed by atoms with Gasteiger partial charge in [0.1, 0.15) is 5.82 Å². The third-order valence-electron chi connectivity index (χ3n) is 1.21. The van der Waals surface area contributed by atoms with Gasteiger partial charge in [-0.3, -0.25) is 0 Å². The molecule has 0 aliphatic rings. The Bertz CT molecular complexity index is 296. The Labute approximate surface area is 79.5 Å². The Hall–Kier alpha value is -0.870. The van der Waals surface area contributed by atoms with Crippen LogP contribution < -0.4 is 11.1 Å². The number of para-hydroxylation sites is 1. The van der Waals surface area contributed by atoms with Crippen LogP contribution in [0.5, 0.6) is 0 Å². The highest BCUT2D eigenvalue weighted by molar-refractivity contribution is 7.80. The number of benzene rings is 1. The van der Waals surface area contributed by atoms with Crippen LogP contribution in [0.4, 0.5) is 10.1 Å². The molecule has 0 aliphatic heterocycles. The predicted octanol–water partition coefficient (Wildman–Crippen LogP) is 2.13. The van der Waals surface area contributed by atoms with Gasteiger partial charge in [-0.2, -0.15) is 0 Å². The quantitative estimate of drug-likeness (QED) is 0.689. The van der Waals surface area contributed by atoms with E-state index in [1.54, 1.807) is 6.07 Å². The molecule has 0 saturated carbocycles. The van der Waals surface area contributed by atoms with Crippen LogP contribution in [0, 0.1) is 5.82 Å². The SMILES string of the molecule is NC(=S)Nc1c(F)cccc1Cl. The number of nitrogens with one attached hydrogen (secondary N) is 1. The lowest BCUT2D eigenvalue weighted by Gasteiger charge is -2.06. The maximum absolute atomic E-state index is 12.9. The summed E-state index contributed by atoms with van der Waals surface area (Å²) in [5, 5.41) is 2.68. The monoisotopic (exact) mass is 204 g/mol. The number of hydrogen-bond donors (Lipinski definition) is 2. The molecule has 0 atom stereocenters. The molecule has 0 unspecified atom stereocenters. The first-order valence-corrected chi connectivity index (χ1v) is 3.90. The molecule has 1 aromatic rings. The first kappa shape index (κ1) is 9.22. The molecule has 64 valence electrons. The van der Waals surface area contributed by atoms with Gasteiger partial charge in [-0.25, -0.2) is 4.39 Å². The van der Waals surface area contributed by atoms with Crippen molar-refractivity contribution >= 4 is 34.6 Å². The number of nitrogens with two attached hydrogens (primary N) is 1. The maximum Gasteiger partial charge on any atom is 0.168 e. The lowest BCUT2D eigenvalue weighted by Crippen LogP contribution is -2.19. The molecule has 0 saturated heterocycles. The lowest BCUT2D eigenvalue weighted by molar-refractivity contribution is 0.632. The number of hydrogen-bond acceptors (Lipinski definition) is 1. The molecule has 0 fully saturated rings. The third-order valence-corrected chi connectivity index (χ3v) is 1.63. The van der Waals surface area contributed by atoms with Crippen LogP contribution in [-0.2, 0) is 0 Å². The van der Waals surface area contributed by atoms with Crippen molar-refractivity contribution in [2.24, 2.45) is 5.73 Å². The Kier molecular flexibility index (Phi) is 2.83. The van der Waals surface area contributed by atoms with Crippen LogP contribution in [0.3, 0.4) is 0 Å². The highest BCUT2D eigenvalue weighted by atomic mass is 35.5. The molecule has 0 radical (unpaired) electrons. The molecular formula is C7H6ClFN2S. The van der Waals surface area contributed by atoms with Crippen molar-refractivity contribution in [2.45, 2.75) is 0 Å². The van der Waals surface area contributed by atoms with Gasteiger partial charge in [0.25, 0.3) is 0 Å². The fourth-order valence-electron chi connectivity index (χ4n) is 0.740. The van der Waals surface area contributed by atoms with Gasteiger partial charge in [0.15, 0.2) is 5.11 Å². The second kappa shape index (κ2) is 3.69. The van der Waals surface area contributed by atoms with Crippen LogP contribution in [0.2, 0.25) is 5.02 Å². The molecule has 1 rings (SSSR count).